The fraction of sp³-hybridized carbons (Fsp3) is 0.350. The lowest BCUT2D eigenvalue weighted by Crippen LogP contribution is -2.40. The van der Waals surface area contributed by atoms with Gasteiger partial charge in [-0.05, 0) is 31.9 Å². The number of pyridine rings is 1. The topological polar surface area (TPSA) is 76.8 Å². The highest BCUT2D eigenvalue weighted by molar-refractivity contribution is 5.95. The van der Waals surface area contributed by atoms with Crippen molar-refractivity contribution in [1.29, 1.82) is 0 Å². The van der Waals surface area contributed by atoms with Gasteiger partial charge in [0.15, 0.2) is 0 Å². The van der Waals surface area contributed by atoms with Crippen LogP contribution < -0.4 is 0 Å². The number of carbonyl (C=O) groups excluding carboxylic acids is 1. The first-order valence-electron chi connectivity index (χ1n) is 9.19. The second kappa shape index (κ2) is 7.65. The Bertz CT molecular complexity index is 923. The van der Waals surface area contributed by atoms with Crippen LogP contribution >= 0.6 is 0 Å². The summed E-state index contributed by atoms with van der Waals surface area (Å²) in [4.78, 5) is 32.0. The molecule has 0 aliphatic carbocycles. The van der Waals surface area contributed by atoms with Gasteiger partial charge < -0.3 is 9.47 Å². The number of rotatable bonds is 4. The van der Waals surface area contributed by atoms with Crippen LogP contribution in [0.2, 0.25) is 0 Å². The summed E-state index contributed by atoms with van der Waals surface area (Å²) in [7, 11) is 0. The fourth-order valence-corrected chi connectivity index (χ4v) is 3.62. The Balaban J connectivity index is 1.52. The molecule has 3 aromatic rings. The first kappa shape index (κ1) is 17.3. The Morgan fingerprint density at radius 2 is 2.15 bits per heavy atom. The standard InChI is InChI=1S/C20H22N6O/c1-15-18(11-21-14-24-15)20(27)26-9-4-5-16(12-26)19-23-8-10-25(19)13-17-6-2-3-7-22-17/h2-3,6-8,10-11,14,16H,4-5,9,12-13H2,1H3/t16-/m0/s1. The van der Waals surface area contributed by atoms with Crippen molar-refractivity contribution in [2.45, 2.75) is 32.2 Å². The van der Waals surface area contributed by atoms with Crippen LogP contribution in [-0.2, 0) is 6.54 Å². The van der Waals surface area contributed by atoms with Crippen molar-refractivity contribution in [3.05, 3.63) is 72.1 Å². The van der Waals surface area contributed by atoms with Crippen molar-refractivity contribution >= 4 is 5.91 Å². The van der Waals surface area contributed by atoms with E-state index in [-0.39, 0.29) is 11.8 Å². The van der Waals surface area contributed by atoms with Gasteiger partial charge in [0.25, 0.3) is 5.91 Å². The molecule has 1 amide bonds. The zero-order valence-electron chi connectivity index (χ0n) is 15.3. The lowest BCUT2D eigenvalue weighted by molar-refractivity contribution is 0.0701. The van der Waals surface area contributed by atoms with Gasteiger partial charge >= 0.3 is 0 Å². The molecular weight excluding hydrogens is 340 g/mol. The molecule has 4 rings (SSSR count). The van der Waals surface area contributed by atoms with Crippen molar-refractivity contribution in [3.63, 3.8) is 0 Å². The number of piperidine rings is 1. The van der Waals surface area contributed by atoms with E-state index in [4.69, 9.17) is 0 Å². The van der Waals surface area contributed by atoms with E-state index in [1.165, 1.54) is 6.33 Å². The number of carbonyl (C=O) groups is 1. The molecule has 0 spiro atoms. The van der Waals surface area contributed by atoms with Crippen LogP contribution in [0.1, 0.15) is 46.3 Å². The fourth-order valence-electron chi connectivity index (χ4n) is 3.62. The summed E-state index contributed by atoms with van der Waals surface area (Å²) in [5, 5.41) is 0. The third-order valence-corrected chi connectivity index (χ3v) is 5.02. The molecule has 0 N–H and O–H groups in total. The third-order valence-electron chi connectivity index (χ3n) is 5.02. The first-order chi connectivity index (χ1) is 13.2. The molecule has 1 aliphatic heterocycles. The van der Waals surface area contributed by atoms with Crippen LogP contribution in [0.4, 0.5) is 0 Å². The summed E-state index contributed by atoms with van der Waals surface area (Å²) in [5.41, 5.74) is 2.29. The molecule has 7 heteroatoms. The normalized spacial score (nSPS) is 17.1. The molecule has 0 bridgehead atoms. The highest BCUT2D eigenvalue weighted by atomic mass is 16.2. The minimum Gasteiger partial charge on any atom is -0.338 e. The Hall–Kier alpha value is -3.09. The lowest BCUT2D eigenvalue weighted by atomic mass is 9.96. The Labute approximate surface area is 158 Å². The molecular formula is C20H22N6O. The molecule has 1 aliphatic rings. The summed E-state index contributed by atoms with van der Waals surface area (Å²) in [6.45, 7) is 3.94. The van der Waals surface area contributed by atoms with Crippen LogP contribution in [0, 0.1) is 6.92 Å². The molecule has 4 heterocycles. The molecule has 1 saturated heterocycles. The van der Waals surface area contributed by atoms with E-state index in [9.17, 15) is 4.79 Å². The molecule has 0 saturated carbocycles. The van der Waals surface area contributed by atoms with Crippen LogP contribution in [0.15, 0.2) is 49.3 Å². The number of hydrogen-bond donors (Lipinski definition) is 0. The molecule has 1 atom stereocenters. The predicted molar refractivity (Wildman–Crippen MR) is 100 cm³/mol. The molecule has 3 aromatic heterocycles. The smallest absolute Gasteiger partial charge is 0.257 e. The maximum atomic E-state index is 12.9. The largest absolute Gasteiger partial charge is 0.338 e. The van der Waals surface area contributed by atoms with Crippen molar-refractivity contribution in [3.8, 4) is 0 Å². The van der Waals surface area contributed by atoms with Gasteiger partial charge in [0, 0.05) is 43.8 Å². The zero-order chi connectivity index (χ0) is 18.6. The quantitative estimate of drug-likeness (QED) is 0.712. The Morgan fingerprint density at radius 1 is 1.22 bits per heavy atom. The van der Waals surface area contributed by atoms with E-state index in [2.05, 4.69) is 24.5 Å². The number of likely N-dealkylation sites (tertiary alicyclic amines) is 1. The second-order valence-corrected chi connectivity index (χ2v) is 6.85. The van der Waals surface area contributed by atoms with E-state index >= 15 is 0 Å². The Morgan fingerprint density at radius 3 is 2.96 bits per heavy atom. The molecule has 27 heavy (non-hydrogen) atoms. The van der Waals surface area contributed by atoms with Crippen LogP contribution in [0.5, 0.6) is 0 Å². The molecule has 138 valence electrons. The van der Waals surface area contributed by atoms with Gasteiger partial charge in [0.05, 0.1) is 23.5 Å². The molecule has 7 nitrogen and oxygen atoms in total. The van der Waals surface area contributed by atoms with Gasteiger partial charge in [-0.1, -0.05) is 6.07 Å². The van der Waals surface area contributed by atoms with Gasteiger partial charge in [-0.15, -0.1) is 0 Å². The van der Waals surface area contributed by atoms with Crippen molar-refractivity contribution in [1.82, 2.24) is 29.4 Å². The summed E-state index contributed by atoms with van der Waals surface area (Å²) in [6.07, 6.45) is 10.7. The number of aromatic nitrogens is 5. The van der Waals surface area contributed by atoms with Crippen molar-refractivity contribution < 1.29 is 4.79 Å². The maximum absolute atomic E-state index is 12.9. The van der Waals surface area contributed by atoms with E-state index in [0.29, 0.717) is 24.3 Å². The minimum absolute atomic E-state index is 0.000585. The number of amides is 1. The van der Waals surface area contributed by atoms with Gasteiger partial charge in [0.2, 0.25) is 0 Å². The molecule has 0 radical (unpaired) electrons. The molecule has 0 unspecified atom stereocenters. The van der Waals surface area contributed by atoms with Crippen molar-refractivity contribution in [2.75, 3.05) is 13.1 Å². The third kappa shape index (κ3) is 3.72. The minimum atomic E-state index is 0.000585. The summed E-state index contributed by atoms with van der Waals surface area (Å²) in [6, 6.07) is 5.92. The predicted octanol–water partition coefficient (Wildman–Crippen LogP) is 2.44. The molecule has 0 aromatic carbocycles. The zero-order valence-corrected chi connectivity index (χ0v) is 15.3. The van der Waals surface area contributed by atoms with Gasteiger partial charge in [-0.25, -0.2) is 15.0 Å². The number of nitrogens with zero attached hydrogens (tertiary/aromatic N) is 6. The average molecular weight is 362 g/mol. The van der Waals surface area contributed by atoms with Crippen LogP contribution in [0.25, 0.3) is 0 Å². The van der Waals surface area contributed by atoms with Crippen LogP contribution in [0.3, 0.4) is 0 Å². The highest BCUT2D eigenvalue weighted by Gasteiger charge is 2.29. The van der Waals surface area contributed by atoms with Gasteiger partial charge in [-0.2, -0.15) is 0 Å². The number of aryl methyl sites for hydroxylation is 1. The van der Waals surface area contributed by atoms with E-state index in [1.54, 1.807) is 12.4 Å². The van der Waals surface area contributed by atoms with Gasteiger partial charge in [0.1, 0.15) is 12.2 Å². The highest BCUT2D eigenvalue weighted by Crippen LogP contribution is 2.27. The van der Waals surface area contributed by atoms with Gasteiger partial charge in [-0.3, -0.25) is 9.78 Å². The SMILES string of the molecule is Cc1ncncc1C(=O)N1CCC[C@H](c2nccn2Cc2ccccn2)C1. The second-order valence-electron chi connectivity index (χ2n) is 6.85. The lowest BCUT2D eigenvalue weighted by Gasteiger charge is -2.33. The summed E-state index contributed by atoms with van der Waals surface area (Å²) >= 11 is 0. The van der Waals surface area contributed by atoms with Crippen molar-refractivity contribution in [2.24, 2.45) is 0 Å². The van der Waals surface area contributed by atoms with Crippen LogP contribution in [-0.4, -0.2) is 48.4 Å². The Kier molecular flexibility index (Phi) is 4.91. The first-order valence-corrected chi connectivity index (χ1v) is 9.19. The van der Waals surface area contributed by atoms with E-state index in [0.717, 1.165) is 30.9 Å². The summed E-state index contributed by atoms with van der Waals surface area (Å²) in [5.74, 6) is 1.23. The molecule has 1 fully saturated rings. The monoisotopic (exact) mass is 362 g/mol. The maximum Gasteiger partial charge on any atom is 0.257 e. The van der Waals surface area contributed by atoms with E-state index in [1.807, 2.05) is 42.4 Å². The summed E-state index contributed by atoms with van der Waals surface area (Å²) < 4.78 is 2.14. The average Bonchev–Trinajstić information content (AvgIpc) is 3.17. The van der Waals surface area contributed by atoms with E-state index < -0.39 is 0 Å². The number of imidazole rings is 1. The number of hydrogen-bond acceptors (Lipinski definition) is 5.